The average Bonchev–Trinajstić information content (AvgIpc) is 2.92. The molecular weight excluding hydrogens is 192 g/mol. The number of hydrogen-bond acceptors (Lipinski definition) is 2. The van der Waals surface area contributed by atoms with E-state index >= 15 is 0 Å². The van der Waals surface area contributed by atoms with Crippen molar-refractivity contribution >= 4 is 21.4 Å². The Morgan fingerprint density at radius 2 is 2.07 bits per heavy atom. The Bertz CT molecular complexity index is 423. The van der Waals surface area contributed by atoms with Crippen LogP contribution in [0.25, 0.3) is 10.1 Å². The Morgan fingerprint density at radius 3 is 2.71 bits per heavy atom. The Morgan fingerprint density at radius 1 is 1.14 bits per heavy atom. The van der Waals surface area contributed by atoms with Crippen LogP contribution in [0.1, 0.15) is 0 Å². The molecule has 70 valence electrons. The lowest BCUT2D eigenvalue weighted by Crippen LogP contribution is -1.56. The van der Waals surface area contributed by atoms with E-state index in [1.165, 1.54) is 10.1 Å². The maximum atomic E-state index is 3.67. The van der Waals surface area contributed by atoms with Crippen LogP contribution in [0.3, 0.4) is 0 Å². The van der Waals surface area contributed by atoms with Gasteiger partial charge in [0.05, 0.1) is 6.33 Å². The van der Waals surface area contributed by atoms with Crippen molar-refractivity contribution in [1.82, 2.24) is 9.97 Å². The van der Waals surface area contributed by atoms with Crippen LogP contribution in [-0.4, -0.2) is 9.97 Å². The van der Waals surface area contributed by atoms with Crippen LogP contribution in [0.2, 0.25) is 0 Å². The summed E-state index contributed by atoms with van der Waals surface area (Å²) in [5, 5.41) is 3.47. The maximum absolute atomic E-state index is 3.67. The van der Waals surface area contributed by atoms with Crippen LogP contribution in [0.5, 0.6) is 0 Å². The number of fused-ring (bicyclic) bond motifs is 1. The highest BCUT2D eigenvalue weighted by molar-refractivity contribution is 7.17. The van der Waals surface area contributed by atoms with Gasteiger partial charge in [-0.1, -0.05) is 18.2 Å². The number of hydrogen-bond donors (Lipinski definition) is 1. The fraction of sp³-hybridized carbons (Fsp3) is 0. The van der Waals surface area contributed by atoms with Gasteiger partial charge in [0.25, 0.3) is 0 Å². The molecule has 0 aliphatic carbocycles. The van der Waals surface area contributed by atoms with Gasteiger partial charge in [0.2, 0.25) is 0 Å². The third kappa shape index (κ3) is 2.20. The molecule has 1 N–H and O–H groups in total. The van der Waals surface area contributed by atoms with E-state index < -0.39 is 0 Å². The molecule has 0 saturated carbocycles. The van der Waals surface area contributed by atoms with Gasteiger partial charge in [0.1, 0.15) is 0 Å². The summed E-state index contributed by atoms with van der Waals surface area (Å²) in [5.41, 5.74) is 0. The zero-order chi connectivity index (χ0) is 9.64. The molecular formula is C11H10N2S. The first-order valence-corrected chi connectivity index (χ1v) is 5.20. The molecule has 3 aromatic rings. The first-order chi connectivity index (χ1) is 6.97. The minimum atomic E-state index is 1.35. The topological polar surface area (TPSA) is 28.7 Å². The van der Waals surface area contributed by atoms with Gasteiger partial charge in [-0.05, 0) is 22.9 Å². The Labute approximate surface area is 86.2 Å². The van der Waals surface area contributed by atoms with Crippen molar-refractivity contribution in [3.8, 4) is 0 Å². The highest BCUT2D eigenvalue weighted by atomic mass is 32.1. The fourth-order valence-corrected chi connectivity index (χ4v) is 1.91. The van der Waals surface area contributed by atoms with Crippen molar-refractivity contribution in [3.05, 3.63) is 54.4 Å². The third-order valence-corrected chi connectivity index (χ3v) is 2.67. The first-order valence-electron chi connectivity index (χ1n) is 4.32. The molecule has 0 unspecified atom stereocenters. The predicted octanol–water partition coefficient (Wildman–Crippen LogP) is 3.31. The van der Waals surface area contributed by atoms with Crippen molar-refractivity contribution in [2.75, 3.05) is 0 Å². The van der Waals surface area contributed by atoms with E-state index in [1.807, 2.05) is 0 Å². The molecule has 0 amide bonds. The lowest BCUT2D eigenvalue weighted by molar-refractivity contribution is 1.31. The number of aromatic amines is 1. The molecule has 0 radical (unpaired) electrons. The SMILES string of the molecule is c1c[nH]cn1.c1ccc2sccc2c1. The summed E-state index contributed by atoms with van der Waals surface area (Å²) in [6.07, 6.45) is 5.08. The minimum absolute atomic E-state index is 1.35. The van der Waals surface area contributed by atoms with Crippen molar-refractivity contribution in [1.29, 1.82) is 0 Å². The highest BCUT2D eigenvalue weighted by Crippen LogP contribution is 2.18. The predicted molar refractivity (Wildman–Crippen MR) is 60.4 cm³/mol. The molecule has 0 fully saturated rings. The van der Waals surface area contributed by atoms with Crippen molar-refractivity contribution in [2.45, 2.75) is 0 Å². The Hall–Kier alpha value is -1.61. The fourth-order valence-electron chi connectivity index (χ4n) is 1.12. The zero-order valence-electron chi connectivity index (χ0n) is 7.55. The normalized spacial score (nSPS) is 9.43. The number of nitrogens with zero attached hydrogens (tertiary/aromatic N) is 1. The smallest absolute Gasteiger partial charge is 0.0919 e. The van der Waals surface area contributed by atoms with Gasteiger partial charge in [0.15, 0.2) is 0 Å². The van der Waals surface area contributed by atoms with E-state index in [9.17, 15) is 0 Å². The number of nitrogens with one attached hydrogen (secondary N) is 1. The van der Waals surface area contributed by atoms with E-state index in [0.29, 0.717) is 0 Å². The molecule has 0 aliphatic heterocycles. The largest absolute Gasteiger partial charge is 0.351 e. The van der Waals surface area contributed by atoms with Gasteiger partial charge in [-0.15, -0.1) is 11.3 Å². The Balaban J connectivity index is 0.000000128. The molecule has 2 nitrogen and oxygen atoms in total. The molecule has 0 spiro atoms. The lowest BCUT2D eigenvalue weighted by atomic mass is 10.3. The van der Waals surface area contributed by atoms with Gasteiger partial charge in [-0.25, -0.2) is 4.98 Å². The summed E-state index contributed by atoms with van der Waals surface area (Å²) in [6, 6.07) is 10.5. The third-order valence-electron chi connectivity index (χ3n) is 1.77. The van der Waals surface area contributed by atoms with Crippen LogP contribution < -0.4 is 0 Å². The molecule has 0 atom stereocenters. The zero-order valence-corrected chi connectivity index (χ0v) is 8.37. The van der Waals surface area contributed by atoms with E-state index in [1.54, 1.807) is 30.1 Å². The van der Waals surface area contributed by atoms with Gasteiger partial charge < -0.3 is 4.98 Å². The number of aromatic nitrogens is 2. The monoisotopic (exact) mass is 202 g/mol. The highest BCUT2D eigenvalue weighted by Gasteiger charge is 1.87. The van der Waals surface area contributed by atoms with E-state index in [-0.39, 0.29) is 0 Å². The second-order valence-corrected chi connectivity index (χ2v) is 3.67. The first kappa shape index (κ1) is 8.97. The van der Waals surface area contributed by atoms with E-state index in [0.717, 1.165) is 0 Å². The molecule has 0 aliphatic rings. The second-order valence-electron chi connectivity index (χ2n) is 2.72. The quantitative estimate of drug-likeness (QED) is 0.595. The number of rotatable bonds is 0. The van der Waals surface area contributed by atoms with Crippen molar-refractivity contribution in [2.24, 2.45) is 0 Å². The van der Waals surface area contributed by atoms with Crippen molar-refractivity contribution in [3.63, 3.8) is 0 Å². The number of H-pyrrole nitrogens is 1. The number of thiophene rings is 1. The van der Waals surface area contributed by atoms with Crippen LogP contribution >= 0.6 is 11.3 Å². The summed E-state index contributed by atoms with van der Waals surface area (Å²) < 4.78 is 1.37. The molecule has 1 aromatic carbocycles. The molecule has 14 heavy (non-hydrogen) atoms. The molecule has 3 rings (SSSR count). The van der Waals surface area contributed by atoms with Gasteiger partial charge in [-0.3, -0.25) is 0 Å². The standard InChI is InChI=1S/C8H6S.C3H4N2/c1-2-4-8-7(3-1)5-6-9-8;1-2-5-3-4-1/h1-6H;1-3H,(H,4,5). The summed E-state index contributed by atoms with van der Waals surface area (Å²) in [7, 11) is 0. The molecule has 0 bridgehead atoms. The molecule has 2 heterocycles. The molecule has 0 saturated heterocycles. The van der Waals surface area contributed by atoms with Crippen LogP contribution in [0.15, 0.2) is 54.4 Å². The van der Waals surface area contributed by atoms with Crippen LogP contribution in [-0.2, 0) is 0 Å². The molecule has 2 aromatic heterocycles. The summed E-state index contributed by atoms with van der Waals surface area (Å²) in [6.45, 7) is 0. The van der Waals surface area contributed by atoms with Crippen LogP contribution in [0, 0.1) is 0 Å². The van der Waals surface area contributed by atoms with Gasteiger partial charge in [-0.2, -0.15) is 0 Å². The summed E-state index contributed by atoms with van der Waals surface area (Å²) in [4.78, 5) is 6.42. The van der Waals surface area contributed by atoms with Crippen molar-refractivity contribution < 1.29 is 0 Å². The maximum Gasteiger partial charge on any atom is 0.0919 e. The summed E-state index contributed by atoms with van der Waals surface area (Å²) in [5.74, 6) is 0. The summed E-state index contributed by atoms with van der Waals surface area (Å²) >= 11 is 1.79. The molecule has 3 heteroatoms. The second kappa shape index (κ2) is 4.58. The minimum Gasteiger partial charge on any atom is -0.351 e. The van der Waals surface area contributed by atoms with Crippen LogP contribution in [0.4, 0.5) is 0 Å². The van der Waals surface area contributed by atoms with Gasteiger partial charge >= 0.3 is 0 Å². The lowest BCUT2D eigenvalue weighted by Gasteiger charge is -1.82. The number of imidazole rings is 1. The average molecular weight is 202 g/mol. The number of benzene rings is 1. The van der Waals surface area contributed by atoms with Gasteiger partial charge in [0, 0.05) is 17.1 Å². The van der Waals surface area contributed by atoms with E-state index in [4.69, 9.17) is 0 Å². The van der Waals surface area contributed by atoms with E-state index in [2.05, 4.69) is 45.7 Å². The Kier molecular flexibility index (Phi) is 2.93.